The van der Waals surface area contributed by atoms with E-state index in [9.17, 15) is 4.79 Å². The summed E-state index contributed by atoms with van der Waals surface area (Å²) in [5, 5.41) is 0. The van der Waals surface area contributed by atoms with Crippen LogP contribution in [0.15, 0.2) is 12.2 Å². The third-order valence-corrected chi connectivity index (χ3v) is 2.50. The van der Waals surface area contributed by atoms with E-state index in [2.05, 4.69) is 6.58 Å². The van der Waals surface area contributed by atoms with E-state index in [-0.39, 0.29) is 11.9 Å². The van der Waals surface area contributed by atoms with Gasteiger partial charge in [-0.1, -0.05) is 19.1 Å². The van der Waals surface area contributed by atoms with Crippen LogP contribution in [0.1, 0.15) is 26.7 Å². The average molecular weight is 244 g/mol. The number of ether oxygens (including phenoxy) is 3. The number of esters is 1. The van der Waals surface area contributed by atoms with Gasteiger partial charge in [-0.2, -0.15) is 0 Å². The molecule has 100 valence electrons. The summed E-state index contributed by atoms with van der Waals surface area (Å²) in [7, 11) is 1.63. The van der Waals surface area contributed by atoms with Crippen LogP contribution in [0.25, 0.3) is 0 Å². The van der Waals surface area contributed by atoms with Gasteiger partial charge in [0.05, 0.1) is 32.8 Å². The highest BCUT2D eigenvalue weighted by Gasteiger charge is 2.17. The van der Waals surface area contributed by atoms with Gasteiger partial charge >= 0.3 is 5.97 Å². The number of carbonyl (C=O) groups excluding carboxylic acids is 1. The van der Waals surface area contributed by atoms with Gasteiger partial charge in [-0.3, -0.25) is 4.79 Å². The molecular weight excluding hydrogens is 220 g/mol. The SMILES string of the molecule is C=C(CC)C(COCCOC)CC(=O)OCC. The maximum Gasteiger partial charge on any atom is 0.306 e. The van der Waals surface area contributed by atoms with E-state index in [1.807, 2.05) is 6.92 Å². The number of rotatable bonds is 10. The molecule has 0 saturated carbocycles. The lowest BCUT2D eigenvalue weighted by Gasteiger charge is -2.18. The maximum atomic E-state index is 11.4. The van der Waals surface area contributed by atoms with Crippen molar-refractivity contribution in [3.63, 3.8) is 0 Å². The van der Waals surface area contributed by atoms with Gasteiger partial charge in [0.15, 0.2) is 0 Å². The molecule has 1 unspecified atom stereocenters. The molecular formula is C13H24O4. The van der Waals surface area contributed by atoms with Crippen LogP contribution in [0.2, 0.25) is 0 Å². The molecule has 4 nitrogen and oxygen atoms in total. The van der Waals surface area contributed by atoms with Crippen molar-refractivity contribution < 1.29 is 19.0 Å². The molecule has 0 fully saturated rings. The van der Waals surface area contributed by atoms with Crippen molar-refractivity contribution in [3.05, 3.63) is 12.2 Å². The molecule has 17 heavy (non-hydrogen) atoms. The Morgan fingerprint density at radius 3 is 2.53 bits per heavy atom. The maximum absolute atomic E-state index is 11.4. The van der Waals surface area contributed by atoms with Crippen molar-refractivity contribution in [2.75, 3.05) is 33.5 Å². The molecule has 1 atom stereocenters. The molecule has 0 N–H and O–H groups in total. The monoisotopic (exact) mass is 244 g/mol. The summed E-state index contributed by atoms with van der Waals surface area (Å²) in [5.41, 5.74) is 1.02. The molecule has 0 aliphatic rings. The summed E-state index contributed by atoms with van der Waals surface area (Å²) in [6, 6.07) is 0. The third kappa shape index (κ3) is 7.94. The van der Waals surface area contributed by atoms with Crippen molar-refractivity contribution in [2.45, 2.75) is 26.7 Å². The lowest BCUT2D eigenvalue weighted by molar-refractivity contribution is -0.144. The molecule has 0 spiro atoms. The van der Waals surface area contributed by atoms with Gasteiger partial charge in [-0.15, -0.1) is 0 Å². The quantitative estimate of drug-likeness (QED) is 0.336. The fourth-order valence-corrected chi connectivity index (χ4v) is 1.40. The normalized spacial score (nSPS) is 12.2. The van der Waals surface area contributed by atoms with E-state index in [4.69, 9.17) is 14.2 Å². The van der Waals surface area contributed by atoms with E-state index >= 15 is 0 Å². The first-order valence-corrected chi connectivity index (χ1v) is 6.05. The number of hydrogen-bond donors (Lipinski definition) is 0. The summed E-state index contributed by atoms with van der Waals surface area (Å²) < 4.78 is 15.3. The summed E-state index contributed by atoms with van der Waals surface area (Å²) in [6.07, 6.45) is 1.19. The van der Waals surface area contributed by atoms with Gasteiger partial charge in [-0.05, 0) is 13.3 Å². The Kier molecular flexibility index (Phi) is 9.77. The molecule has 0 aromatic heterocycles. The Labute approximate surface area is 104 Å². The summed E-state index contributed by atoms with van der Waals surface area (Å²) >= 11 is 0. The van der Waals surface area contributed by atoms with Crippen molar-refractivity contribution in [1.29, 1.82) is 0 Å². The minimum Gasteiger partial charge on any atom is -0.466 e. The Balaban J connectivity index is 4.05. The van der Waals surface area contributed by atoms with Crippen LogP contribution in [-0.4, -0.2) is 39.5 Å². The average Bonchev–Trinajstić information content (AvgIpc) is 2.32. The molecule has 4 heteroatoms. The van der Waals surface area contributed by atoms with Gasteiger partial charge < -0.3 is 14.2 Å². The second kappa shape index (κ2) is 10.3. The van der Waals surface area contributed by atoms with Crippen LogP contribution in [-0.2, 0) is 19.0 Å². The lowest BCUT2D eigenvalue weighted by Crippen LogP contribution is -2.19. The minimum absolute atomic E-state index is 0.0379. The highest BCUT2D eigenvalue weighted by atomic mass is 16.5. The smallest absolute Gasteiger partial charge is 0.306 e. The zero-order chi connectivity index (χ0) is 13.1. The van der Waals surface area contributed by atoms with E-state index < -0.39 is 0 Å². The molecule has 0 bridgehead atoms. The summed E-state index contributed by atoms with van der Waals surface area (Å²) in [6.45, 7) is 9.79. The molecule has 0 aliphatic heterocycles. The van der Waals surface area contributed by atoms with E-state index in [1.165, 1.54) is 0 Å². The minimum atomic E-state index is -0.192. The van der Waals surface area contributed by atoms with Crippen molar-refractivity contribution in [1.82, 2.24) is 0 Å². The van der Waals surface area contributed by atoms with Gasteiger partial charge in [0.2, 0.25) is 0 Å². The van der Waals surface area contributed by atoms with Crippen LogP contribution in [0.4, 0.5) is 0 Å². The Hall–Kier alpha value is -0.870. The van der Waals surface area contributed by atoms with Gasteiger partial charge in [0, 0.05) is 13.0 Å². The van der Waals surface area contributed by atoms with Crippen LogP contribution in [0.5, 0.6) is 0 Å². The van der Waals surface area contributed by atoms with Gasteiger partial charge in [0.25, 0.3) is 0 Å². The van der Waals surface area contributed by atoms with Crippen LogP contribution in [0.3, 0.4) is 0 Å². The predicted molar refractivity (Wildman–Crippen MR) is 66.9 cm³/mol. The second-order valence-electron chi connectivity index (χ2n) is 3.79. The molecule has 0 aromatic carbocycles. The highest BCUT2D eigenvalue weighted by molar-refractivity contribution is 5.70. The Morgan fingerprint density at radius 1 is 1.29 bits per heavy atom. The first-order valence-electron chi connectivity index (χ1n) is 6.05. The van der Waals surface area contributed by atoms with Crippen LogP contribution in [0, 0.1) is 5.92 Å². The topological polar surface area (TPSA) is 44.8 Å². The number of carbonyl (C=O) groups is 1. The number of hydrogen-bond acceptors (Lipinski definition) is 4. The van der Waals surface area contributed by atoms with Crippen LogP contribution >= 0.6 is 0 Å². The first-order chi connectivity index (χ1) is 8.15. The summed E-state index contributed by atoms with van der Waals surface area (Å²) in [4.78, 5) is 11.4. The molecule has 0 radical (unpaired) electrons. The Morgan fingerprint density at radius 2 is 2.00 bits per heavy atom. The molecule has 0 amide bonds. The second-order valence-corrected chi connectivity index (χ2v) is 3.79. The molecule has 0 heterocycles. The molecule has 0 saturated heterocycles. The van der Waals surface area contributed by atoms with E-state index in [0.29, 0.717) is 32.8 Å². The largest absolute Gasteiger partial charge is 0.466 e. The van der Waals surface area contributed by atoms with E-state index in [0.717, 1.165) is 12.0 Å². The lowest BCUT2D eigenvalue weighted by atomic mass is 9.96. The highest BCUT2D eigenvalue weighted by Crippen LogP contribution is 2.18. The van der Waals surface area contributed by atoms with Crippen molar-refractivity contribution in [3.8, 4) is 0 Å². The molecule has 0 rings (SSSR count). The molecule has 0 aromatic rings. The predicted octanol–water partition coefficient (Wildman–Crippen LogP) is 2.18. The van der Waals surface area contributed by atoms with Gasteiger partial charge in [0.1, 0.15) is 0 Å². The Bertz CT molecular complexity index is 225. The van der Waals surface area contributed by atoms with Crippen LogP contribution < -0.4 is 0 Å². The fourth-order valence-electron chi connectivity index (χ4n) is 1.40. The van der Waals surface area contributed by atoms with Crippen molar-refractivity contribution in [2.24, 2.45) is 5.92 Å². The zero-order valence-corrected chi connectivity index (χ0v) is 11.2. The van der Waals surface area contributed by atoms with Gasteiger partial charge in [-0.25, -0.2) is 0 Å². The zero-order valence-electron chi connectivity index (χ0n) is 11.2. The molecule has 0 aliphatic carbocycles. The van der Waals surface area contributed by atoms with Crippen molar-refractivity contribution >= 4 is 5.97 Å². The standard InChI is InChI=1S/C13H24O4/c1-5-11(3)12(9-13(14)17-6-2)10-16-8-7-15-4/h12H,3,5-10H2,1-2,4H3. The summed E-state index contributed by atoms with van der Waals surface area (Å²) in [5.74, 6) is -0.154. The van der Waals surface area contributed by atoms with E-state index in [1.54, 1.807) is 14.0 Å². The fraction of sp³-hybridized carbons (Fsp3) is 0.769. The third-order valence-electron chi connectivity index (χ3n) is 2.50. The number of methoxy groups -OCH3 is 1. The first kappa shape index (κ1) is 16.1.